The molecule has 1 saturated carbocycles. The van der Waals surface area contributed by atoms with Gasteiger partial charge in [0, 0.05) is 22.2 Å². The van der Waals surface area contributed by atoms with E-state index < -0.39 is 5.97 Å². The van der Waals surface area contributed by atoms with Gasteiger partial charge in [-0.05, 0) is 50.9 Å². The largest absolute Gasteiger partial charge is 0.478 e. The first-order valence-corrected chi connectivity index (χ1v) is 9.31. The second kappa shape index (κ2) is 6.57. The third kappa shape index (κ3) is 3.05. The van der Waals surface area contributed by atoms with Crippen LogP contribution in [0.15, 0.2) is 24.5 Å². The Morgan fingerprint density at radius 1 is 1.20 bits per heavy atom. The van der Waals surface area contributed by atoms with Gasteiger partial charge < -0.3 is 15.7 Å². The first kappa shape index (κ1) is 16.2. The van der Waals surface area contributed by atoms with E-state index in [1.165, 1.54) is 0 Å². The molecule has 0 saturated heterocycles. The average molecular weight is 356 g/mol. The second-order valence-electron chi connectivity index (χ2n) is 6.50. The third-order valence-electron chi connectivity index (χ3n) is 4.99. The molecule has 1 fully saturated rings. The molecule has 1 aliphatic rings. The summed E-state index contributed by atoms with van der Waals surface area (Å²) in [7, 11) is 2.02. The van der Waals surface area contributed by atoms with Crippen molar-refractivity contribution in [1.82, 2.24) is 15.3 Å². The molecule has 130 valence electrons. The Balaban J connectivity index is 1.72. The maximum absolute atomic E-state index is 11.3. The topological polar surface area (TPSA) is 87.1 Å². The Bertz CT molecular complexity index is 931. The zero-order valence-corrected chi connectivity index (χ0v) is 14.8. The van der Waals surface area contributed by atoms with E-state index in [0.717, 1.165) is 51.8 Å². The van der Waals surface area contributed by atoms with E-state index in [1.54, 1.807) is 29.8 Å². The number of aromatic carboxylic acids is 1. The van der Waals surface area contributed by atoms with Crippen LogP contribution < -0.4 is 10.6 Å². The summed E-state index contributed by atoms with van der Waals surface area (Å²) in [6, 6.07) is 6.21. The minimum absolute atomic E-state index is 0.288. The summed E-state index contributed by atoms with van der Waals surface area (Å²) < 4.78 is 1.03. The molecule has 0 radical (unpaired) electrons. The minimum Gasteiger partial charge on any atom is -0.478 e. The van der Waals surface area contributed by atoms with Crippen molar-refractivity contribution in [2.45, 2.75) is 37.8 Å². The minimum atomic E-state index is -0.919. The number of anilines is 1. The van der Waals surface area contributed by atoms with Crippen LogP contribution in [0.25, 0.3) is 20.3 Å². The normalized spacial score (nSPS) is 20.8. The Hall–Kier alpha value is -2.25. The first-order valence-electron chi connectivity index (χ1n) is 8.50. The molecular weight excluding hydrogens is 336 g/mol. The van der Waals surface area contributed by atoms with E-state index >= 15 is 0 Å². The Morgan fingerprint density at radius 3 is 2.68 bits per heavy atom. The fourth-order valence-electron chi connectivity index (χ4n) is 3.57. The van der Waals surface area contributed by atoms with Gasteiger partial charge in [0.15, 0.2) is 0 Å². The molecule has 0 spiro atoms. The summed E-state index contributed by atoms with van der Waals surface area (Å²) in [4.78, 5) is 21.0. The van der Waals surface area contributed by atoms with Crippen LogP contribution in [-0.4, -0.2) is 40.2 Å². The molecule has 25 heavy (non-hydrogen) atoms. The Labute approximate surface area is 149 Å². The van der Waals surface area contributed by atoms with Crippen LogP contribution in [0.5, 0.6) is 0 Å². The highest BCUT2D eigenvalue weighted by Crippen LogP contribution is 2.37. The van der Waals surface area contributed by atoms with Crippen molar-refractivity contribution in [3.63, 3.8) is 0 Å². The predicted molar refractivity (Wildman–Crippen MR) is 101 cm³/mol. The Morgan fingerprint density at radius 2 is 1.96 bits per heavy atom. The highest BCUT2D eigenvalue weighted by Gasteiger charge is 2.22. The zero-order chi connectivity index (χ0) is 17.4. The van der Waals surface area contributed by atoms with E-state index in [4.69, 9.17) is 0 Å². The number of hydrogen-bond donors (Lipinski definition) is 3. The van der Waals surface area contributed by atoms with Gasteiger partial charge in [-0.25, -0.2) is 14.8 Å². The van der Waals surface area contributed by atoms with Gasteiger partial charge in [0.25, 0.3) is 0 Å². The average Bonchev–Trinajstić information content (AvgIpc) is 3.01. The van der Waals surface area contributed by atoms with Gasteiger partial charge in [-0.1, -0.05) is 0 Å². The summed E-state index contributed by atoms with van der Waals surface area (Å²) in [5.41, 5.74) is 0.288. The number of nitrogens with zero attached hydrogens (tertiary/aromatic N) is 2. The molecule has 0 amide bonds. The molecule has 3 N–H and O–H groups in total. The third-order valence-corrected chi connectivity index (χ3v) is 6.07. The van der Waals surface area contributed by atoms with Crippen molar-refractivity contribution in [1.29, 1.82) is 0 Å². The summed E-state index contributed by atoms with van der Waals surface area (Å²) in [5, 5.41) is 18.0. The zero-order valence-electron chi connectivity index (χ0n) is 14.0. The highest BCUT2D eigenvalue weighted by molar-refractivity contribution is 7.25. The van der Waals surface area contributed by atoms with Gasteiger partial charge in [0.1, 0.15) is 17.0 Å². The van der Waals surface area contributed by atoms with Crippen LogP contribution in [0.2, 0.25) is 0 Å². The lowest BCUT2D eigenvalue weighted by Gasteiger charge is -2.29. The van der Waals surface area contributed by atoms with Crippen molar-refractivity contribution < 1.29 is 9.90 Å². The van der Waals surface area contributed by atoms with Gasteiger partial charge >= 0.3 is 5.97 Å². The van der Waals surface area contributed by atoms with Crippen molar-refractivity contribution in [2.24, 2.45) is 0 Å². The molecular formula is C18H20N4O2S. The Kier molecular flexibility index (Phi) is 4.27. The van der Waals surface area contributed by atoms with Crippen molar-refractivity contribution in [3.05, 3.63) is 30.1 Å². The van der Waals surface area contributed by atoms with Crippen LogP contribution in [0, 0.1) is 0 Å². The molecule has 3 aromatic rings. The van der Waals surface area contributed by atoms with Crippen LogP contribution >= 0.6 is 11.3 Å². The van der Waals surface area contributed by atoms with Crippen LogP contribution in [-0.2, 0) is 0 Å². The van der Waals surface area contributed by atoms with Gasteiger partial charge in [0.2, 0.25) is 0 Å². The fraction of sp³-hybridized carbons (Fsp3) is 0.389. The fourth-order valence-corrected chi connectivity index (χ4v) is 4.59. The standard InChI is InChI=1S/C18H20N4O2S/c1-19-11-3-5-12(6-4-11)22-16-15-13-8-10(18(23)24)2-7-14(13)25-17(15)21-9-20-16/h2,7-9,11-12,19H,3-6H2,1H3,(H,23,24)(H,20,21,22). The van der Waals surface area contributed by atoms with Crippen LogP contribution in [0.1, 0.15) is 36.0 Å². The van der Waals surface area contributed by atoms with Crippen molar-refractivity contribution in [3.8, 4) is 0 Å². The summed E-state index contributed by atoms with van der Waals surface area (Å²) in [6.07, 6.45) is 6.07. The monoisotopic (exact) mass is 356 g/mol. The molecule has 2 heterocycles. The number of carboxylic acid groups (broad SMARTS) is 1. The summed E-state index contributed by atoms with van der Waals surface area (Å²) >= 11 is 1.57. The maximum atomic E-state index is 11.3. The molecule has 2 aromatic heterocycles. The number of aromatic nitrogens is 2. The molecule has 0 aliphatic heterocycles. The van der Waals surface area contributed by atoms with Crippen molar-refractivity contribution >= 4 is 43.4 Å². The molecule has 1 aliphatic carbocycles. The molecule has 1 aromatic carbocycles. The molecule has 7 heteroatoms. The number of nitrogens with one attached hydrogen (secondary N) is 2. The summed E-state index contributed by atoms with van der Waals surface area (Å²) in [5.74, 6) is -0.107. The van der Waals surface area contributed by atoms with E-state index in [2.05, 4.69) is 20.6 Å². The van der Waals surface area contributed by atoms with Gasteiger partial charge in [0.05, 0.1) is 10.9 Å². The van der Waals surface area contributed by atoms with E-state index in [9.17, 15) is 9.90 Å². The lowest BCUT2D eigenvalue weighted by atomic mass is 9.91. The number of rotatable bonds is 4. The van der Waals surface area contributed by atoms with E-state index in [0.29, 0.717) is 12.1 Å². The maximum Gasteiger partial charge on any atom is 0.335 e. The van der Waals surface area contributed by atoms with E-state index in [-0.39, 0.29) is 5.56 Å². The first-order chi connectivity index (χ1) is 12.2. The number of thiophene rings is 1. The number of fused-ring (bicyclic) bond motifs is 3. The summed E-state index contributed by atoms with van der Waals surface area (Å²) in [6.45, 7) is 0. The molecule has 0 unspecified atom stereocenters. The van der Waals surface area contributed by atoms with E-state index in [1.807, 2.05) is 13.1 Å². The van der Waals surface area contributed by atoms with Crippen LogP contribution in [0.3, 0.4) is 0 Å². The van der Waals surface area contributed by atoms with Crippen LogP contribution in [0.4, 0.5) is 5.82 Å². The number of hydrogen-bond acceptors (Lipinski definition) is 6. The van der Waals surface area contributed by atoms with Gasteiger partial charge in [-0.3, -0.25) is 0 Å². The number of carboxylic acids is 1. The van der Waals surface area contributed by atoms with Crippen molar-refractivity contribution in [2.75, 3.05) is 12.4 Å². The second-order valence-corrected chi connectivity index (χ2v) is 7.53. The predicted octanol–water partition coefficient (Wildman–Crippen LogP) is 3.49. The van der Waals surface area contributed by atoms with Gasteiger partial charge in [-0.2, -0.15) is 0 Å². The number of benzene rings is 1. The lowest BCUT2D eigenvalue weighted by Crippen LogP contribution is -2.35. The molecule has 0 bridgehead atoms. The van der Waals surface area contributed by atoms with Gasteiger partial charge in [-0.15, -0.1) is 11.3 Å². The molecule has 6 nitrogen and oxygen atoms in total. The smallest absolute Gasteiger partial charge is 0.335 e. The SMILES string of the molecule is CNC1CCC(Nc2ncnc3sc4ccc(C(=O)O)cc4c23)CC1. The number of carbonyl (C=O) groups is 1. The highest BCUT2D eigenvalue weighted by atomic mass is 32.1. The quantitative estimate of drug-likeness (QED) is 0.663. The molecule has 0 atom stereocenters. The lowest BCUT2D eigenvalue weighted by molar-refractivity contribution is 0.0697. The molecule has 4 rings (SSSR count).